The first kappa shape index (κ1) is 13.0. The van der Waals surface area contributed by atoms with Crippen LogP contribution in [-0.4, -0.2) is 47.7 Å². The summed E-state index contributed by atoms with van der Waals surface area (Å²) in [6.45, 7) is 3.10. The van der Waals surface area contributed by atoms with Crippen molar-refractivity contribution in [3.63, 3.8) is 0 Å². The predicted molar refractivity (Wildman–Crippen MR) is 67.0 cm³/mol. The molecule has 0 aromatic carbocycles. The molecular weight excluding hydrogens is 254 g/mol. The Kier molecular flexibility index (Phi) is 3.98. The zero-order valence-electron chi connectivity index (χ0n) is 10.1. The molecule has 0 bridgehead atoms. The topological polar surface area (TPSA) is 66.8 Å². The van der Waals surface area contributed by atoms with Crippen LogP contribution in [0, 0.1) is 6.92 Å². The summed E-state index contributed by atoms with van der Waals surface area (Å²) in [5.41, 5.74) is 0.936. The Morgan fingerprint density at radius 2 is 2.39 bits per heavy atom. The third-order valence-electron chi connectivity index (χ3n) is 2.95. The van der Waals surface area contributed by atoms with Crippen molar-refractivity contribution < 1.29 is 19.4 Å². The van der Waals surface area contributed by atoms with Crippen molar-refractivity contribution in [2.45, 2.75) is 19.4 Å². The number of rotatable bonds is 3. The lowest BCUT2D eigenvalue weighted by Gasteiger charge is -2.34. The minimum Gasteiger partial charge on any atom is -0.481 e. The maximum atomic E-state index is 12.4. The first-order chi connectivity index (χ1) is 8.59. The van der Waals surface area contributed by atoms with Crippen LogP contribution in [0.4, 0.5) is 0 Å². The maximum Gasteiger partial charge on any atom is 0.305 e. The normalized spacial score (nSPS) is 19.8. The van der Waals surface area contributed by atoms with E-state index in [1.165, 1.54) is 11.3 Å². The summed E-state index contributed by atoms with van der Waals surface area (Å²) < 4.78 is 5.26. The summed E-state index contributed by atoms with van der Waals surface area (Å²) in [5.74, 6) is -0.997. The molecule has 1 aromatic rings. The molecule has 0 spiro atoms. The number of amides is 1. The van der Waals surface area contributed by atoms with E-state index in [0.717, 1.165) is 5.56 Å². The van der Waals surface area contributed by atoms with Gasteiger partial charge in [-0.3, -0.25) is 9.59 Å². The van der Waals surface area contributed by atoms with Gasteiger partial charge in [-0.25, -0.2) is 0 Å². The summed E-state index contributed by atoms with van der Waals surface area (Å²) in [6, 6.07) is 1.52. The summed E-state index contributed by atoms with van der Waals surface area (Å²) >= 11 is 1.39. The van der Waals surface area contributed by atoms with Gasteiger partial charge in [0.1, 0.15) is 0 Å². The fraction of sp³-hybridized carbons (Fsp3) is 0.500. The number of morpholine rings is 1. The van der Waals surface area contributed by atoms with Crippen molar-refractivity contribution in [3.8, 4) is 0 Å². The van der Waals surface area contributed by atoms with E-state index in [2.05, 4.69) is 0 Å². The molecule has 2 heterocycles. The highest BCUT2D eigenvalue weighted by atomic mass is 32.1. The van der Waals surface area contributed by atoms with E-state index in [1.54, 1.807) is 4.90 Å². The van der Waals surface area contributed by atoms with E-state index < -0.39 is 5.97 Å². The average molecular weight is 269 g/mol. The molecule has 1 aromatic heterocycles. The average Bonchev–Trinajstić information content (AvgIpc) is 2.74. The minimum atomic E-state index is -0.911. The molecule has 6 heteroatoms. The van der Waals surface area contributed by atoms with Gasteiger partial charge in [0.25, 0.3) is 5.91 Å². The van der Waals surface area contributed by atoms with Gasteiger partial charge in [-0.1, -0.05) is 0 Å². The molecule has 98 valence electrons. The van der Waals surface area contributed by atoms with Gasteiger partial charge in [-0.2, -0.15) is 0 Å². The number of hydrogen-bond acceptors (Lipinski definition) is 4. The van der Waals surface area contributed by atoms with E-state index >= 15 is 0 Å². The molecule has 0 aliphatic carbocycles. The number of carboxylic acids is 1. The van der Waals surface area contributed by atoms with Crippen LogP contribution >= 0.6 is 11.3 Å². The zero-order chi connectivity index (χ0) is 13.1. The smallest absolute Gasteiger partial charge is 0.305 e. The second kappa shape index (κ2) is 5.49. The van der Waals surface area contributed by atoms with Crippen LogP contribution in [0.2, 0.25) is 0 Å². The molecule has 1 saturated heterocycles. The SMILES string of the molecule is Cc1ccsc1C(=O)N1CCOCC1CC(=O)O. The van der Waals surface area contributed by atoms with Crippen molar-refractivity contribution in [1.29, 1.82) is 0 Å². The first-order valence-corrected chi connectivity index (χ1v) is 6.62. The highest BCUT2D eigenvalue weighted by molar-refractivity contribution is 7.12. The molecule has 1 aliphatic heterocycles. The van der Waals surface area contributed by atoms with Crippen LogP contribution in [0.3, 0.4) is 0 Å². The molecule has 0 radical (unpaired) electrons. The van der Waals surface area contributed by atoms with Gasteiger partial charge in [-0.05, 0) is 23.9 Å². The standard InChI is InChI=1S/C12H15NO4S/c1-8-2-5-18-11(8)12(16)13-3-4-17-7-9(13)6-10(14)15/h2,5,9H,3-4,6-7H2,1H3,(H,14,15). The van der Waals surface area contributed by atoms with Gasteiger partial charge in [0.05, 0.1) is 30.6 Å². The second-order valence-electron chi connectivity index (χ2n) is 4.26. The lowest BCUT2D eigenvalue weighted by Crippen LogP contribution is -2.49. The van der Waals surface area contributed by atoms with Crippen LogP contribution < -0.4 is 0 Å². The molecule has 1 aliphatic rings. The Labute approximate surface area is 109 Å². The highest BCUT2D eigenvalue weighted by Crippen LogP contribution is 2.21. The van der Waals surface area contributed by atoms with E-state index in [-0.39, 0.29) is 18.4 Å². The molecule has 5 nitrogen and oxygen atoms in total. The van der Waals surface area contributed by atoms with Crippen molar-refractivity contribution >= 4 is 23.2 Å². The van der Waals surface area contributed by atoms with Crippen LogP contribution in [0.25, 0.3) is 0 Å². The summed E-state index contributed by atoms with van der Waals surface area (Å²) in [4.78, 5) is 25.5. The second-order valence-corrected chi connectivity index (χ2v) is 5.17. The lowest BCUT2D eigenvalue weighted by molar-refractivity contribution is -0.139. The predicted octanol–water partition coefficient (Wildman–Crippen LogP) is 1.37. The lowest BCUT2D eigenvalue weighted by atomic mass is 10.1. The third kappa shape index (κ3) is 2.70. The van der Waals surface area contributed by atoms with Gasteiger partial charge in [0.2, 0.25) is 0 Å². The summed E-state index contributed by atoms with van der Waals surface area (Å²) in [5, 5.41) is 10.7. The number of thiophene rings is 1. The van der Waals surface area contributed by atoms with Crippen LogP contribution in [0.1, 0.15) is 21.7 Å². The highest BCUT2D eigenvalue weighted by Gasteiger charge is 2.30. The van der Waals surface area contributed by atoms with E-state index in [1.807, 2.05) is 18.4 Å². The van der Waals surface area contributed by atoms with Crippen LogP contribution in [0.15, 0.2) is 11.4 Å². The number of aryl methyl sites for hydroxylation is 1. The molecule has 0 saturated carbocycles. The minimum absolute atomic E-state index is 0.0733. The molecular formula is C12H15NO4S. The Balaban J connectivity index is 2.16. The molecule has 1 N–H and O–H groups in total. The number of carbonyl (C=O) groups is 2. The van der Waals surface area contributed by atoms with Crippen LogP contribution in [-0.2, 0) is 9.53 Å². The Bertz CT molecular complexity index is 457. The fourth-order valence-electron chi connectivity index (χ4n) is 2.02. The molecule has 1 atom stereocenters. The Morgan fingerprint density at radius 3 is 3.00 bits per heavy atom. The quantitative estimate of drug-likeness (QED) is 0.900. The van der Waals surface area contributed by atoms with Gasteiger partial charge in [0.15, 0.2) is 0 Å². The summed E-state index contributed by atoms with van der Waals surface area (Å²) in [7, 11) is 0. The van der Waals surface area contributed by atoms with Crippen molar-refractivity contribution in [2.24, 2.45) is 0 Å². The van der Waals surface area contributed by atoms with Gasteiger partial charge < -0.3 is 14.7 Å². The first-order valence-electron chi connectivity index (χ1n) is 5.74. The molecule has 1 unspecified atom stereocenters. The molecule has 1 fully saturated rings. The van der Waals surface area contributed by atoms with Crippen LogP contribution in [0.5, 0.6) is 0 Å². The van der Waals surface area contributed by atoms with Gasteiger partial charge in [-0.15, -0.1) is 11.3 Å². The van der Waals surface area contributed by atoms with Gasteiger partial charge >= 0.3 is 5.97 Å². The number of ether oxygens (including phenoxy) is 1. The van der Waals surface area contributed by atoms with E-state index in [0.29, 0.717) is 24.6 Å². The Morgan fingerprint density at radius 1 is 1.61 bits per heavy atom. The monoisotopic (exact) mass is 269 g/mol. The number of aliphatic carboxylic acids is 1. The number of carboxylic acid groups (broad SMARTS) is 1. The summed E-state index contributed by atoms with van der Waals surface area (Å²) in [6.07, 6.45) is -0.0733. The van der Waals surface area contributed by atoms with E-state index in [4.69, 9.17) is 9.84 Å². The maximum absolute atomic E-state index is 12.4. The number of carbonyl (C=O) groups excluding carboxylic acids is 1. The molecule has 18 heavy (non-hydrogen) atoms. The fourth-order valence-corrected chi connectivity index (χ4v) is 2.90. The molecule has 2 rings (SSSR count). The van der Waals surface area contributed by atoms with Crippen molar-refractivity contribution in [3.05, 3.63) is 21.9 Å². The zero-order valence-corrected chi connectivity index (χ0v) is 10.9. The largest absolute Gasteiger partial charge is 0.481 e. The van der Waals surface area contributed by atoms with Crippen molar-refractivity contribution in [2.75, 3.05) is 19.8 Å². The number of hydrogen-bond donors (Lipinski definition) is 1. The molecule has 1 amide bonds. The van der Waals surface area contributed by atoms with Gasteiger partial charge in [0, 0.05) is 6.54 Å². The Hall–Kier alpha value is -1.40. The third-order valence-corrected chi connectivity index (χ3v) is 3.96. The number of nitrogens with zero attached hydrogens (tertiary/aromatic N) is 1. The van der Waals surface area contributed by atoms with E-state index in [9.17, 15) is 9.59 Å². The van der Waals surface area contributed by atoms with Crippen molar-refractivity contribution in [1.82, 2.24) is 4.90 Å².